The Bertz CT molecular complexity index is 1150. The number of H-pyrrole nitrogens is 1. The van der Waals surface area contributed by atoms with Gasteiger partial charge in [0.05, 0.1) is 6.04 Å². The lowest BCUT2D eigenvalue weighted by molar-refractivity contribution is -0.173. The number of hydrogen-bond donors (Lipinski definition) is 2. The minimum absolute atomic E-state index is 0.153. The molecule has 2 atom stereocenters. The third-order valence-corrected chi connectivity index (χ3v) is 6.22. The molecule has 1 aliphatic heterocycles. The van der Waals surface area contributed by atoms with Crippen LogP contribution in [0.5, 0.6) is 0 Å². The van der Waals surface area contributed by atoms with Gasteiger partial charge in [-0.1, -0.05) is 38.1 Å². The van der Waals surface area contributed by atoms with Crippen molar-refractivity contribution in [1.29, 1.82) is 0 Å². The number of benzene rings is 1. The first-order chi connectivity index (χ1) is 15.7. The molecule has 2 N–H and O–H groups in total. The van der Waals surface area contributed by atoms with E-state index in [-0.39, 0.29) is 6.42 Å². The summed E-state index contributed by atoms with van der Waals surface area (Å²) in [5.41, 5.74) is 2.28. The van der Waals surface area contributed by atoms with Crippen molar-refractivity contribution in [2.24, 2.45) is 0 Å². The van der Waals surface area contributed by atoms with Gasteiger partial charge in [-0.15, -0.1) is 0 Å². The second kappa shape index (κ2) is 9.30. The average molecular weight is 481 g/mol. The molecule has 4 rings (SSSR count). The Labute approximate surface area is 195 Å². The van der Waals surface area contributed by atoms with Gasteiger partial charge in [0, 0.05) is 32.7 Å². The maximum absolute atomic E-state index is 14.0. The Balaban J connectivity index is 1.68. The molecule has 2 aromatic heterocycles. The van der Waals surface area contributed by atoms with Crippen LogP contribution in [-0.4, -0.2) is 44.4 Å². The fraction of sp³-hybridized carbons (Fsp3) is 0.500. The molecule has 0 saturated carbocycles. The van der Waals surface area contributed by atoms with E-state index in [9.17, 15) is 13.2 Å². The zero-order chi connectivity index (χ0) is 23.8. The van der Waals surface area contributed by atoms with Crippen LogP contribution in [0.2, 0.25) is 0 Å². The first kappa shape index (κ1) is 23.5. The molecule has 178 valence electrons. The highest BCUT2D eigenvalue weighted by atomic mass is 32.1. The number of fused-ring (bicyclic) bond motifs is 1. The summed E-state index contributed by atoms with van der Waals surface area (Å²) >= 11 is 5.30. The molecule has 0 fully saturated rings. The van der Waals surface area contributed by atoms with Gasteiger partial charge in [0.25, 0.3) is 0 Å². The van der Waals surface area contributed by atoms with Gasteiger partial charge in [-0.05, 0) is 35.7 Å². The molecular formula is C22H27F3N6OS. The lowest BCUT2D eigenvalue weighted by atomic mass is 9.94. The number of nitrogens with zero attached hydrogens (tertiary/aromatic N) is 4. The van der Waals surface area contributed by atoms with E-state index in [0.29, 0.717) is 47.6 Å². The van der Waals surface area contributed by atoms with Crippen LogP contribution in [0.3, 0.4) is 0 Å². The molecule has 0 unspecified atom stereocenters. The second-order valence-corrected chi connectivity index (χ2v) is 8.91. The second-order valence-electron chi connectivity index (χ2n) is 8.52. The highest BCUT2D eigenvalue weighted by Crippen LogP contribution is 2.44. The number of ether oxygens (including phenoxy) is 1. The van der Waals surface area contributed by atoms with Crippen LogP contribution < -0.4 is 5.32 Å². The maximum atomic E-state index is 14.0. The van der Waals surface area contributed by atoms with Gasteiger partial charge < -0.3 is 10.1 Å². The van der Waals surface area contributed by atoms with Crippen molar-refractivity contribution in [3.05, 3.63) is 46.2 Å². The topological polar surface area (TPSA) is 72.7 Å². The monoisotopic (exact) mass is 480 g/mol. The number of halogens is 3. The van der Waals surface area contributed by atoms with Crippen LogP contribution in [0, 0.1) is 4.77 Å². The SMILES string of the molecule is COCCCn1c(-c2cc3n(n2)[C@H](C(F)(F)F)C[C@@H](c2ccc(C(C)C)cc2)N3)n[nH]c1=S. The molecule has 0 aliphatic carbocycles. The largest absolute Gasteiger partial charge is 0.410 e. The van der Waals surface area contributed by atoms with Gasteiger partial charge in [0.2, 0.25) is 0 Å². The number of anilines is 1. The smallest absolute Gasteiger partial charge is 0.385 e. The summed E-state index contributed by atoms with van der Waals surface area (Å²) in [6.07, 6.45) is -3.92. The molecule has 1 aliphatic rings. The summed E-state index contributed by atoms with van der Waals surface area (Å²) in [5, 5.41) is 14.5. The molecule has 1 aromatic carbocycles. The standard InChI is InChI=1S/C22H27F3N6OS/c1-13(2)14-5-7-15(8-6-14)16-11-18(22(23,24)25)31-19(26-16)12-17(29-31)20-27-28-21(33)30(20)9-4-10-32-3/h5-8,12-13,16,18,26H,4,9-11H2,1-3H3,(H,28,33)/t16-,18-/m0/s1. The Morgan fingerprint density at radius 2 is 1.97 bits per heavy atom. The minimum atomic E-state index is -4.44. The zero-order valence-corrected chi connectivity index (χ0v) is 19.5. The highest BCUT2D eigenvalue weighted by molar-refractivity contribution is 7.71. The summed E-state index contributed by atoms with van der Waals surface area (Å²) in [6.45, 7) is 5.21. The quantitative estimate of drug-likeness (QED) is 0.339. The molecule has 0 saturated heterocycles. The zero-order valence-electron chi connectivity index (χ0n) is 18.7. The van der Waals surface area contributed by atoms with E-state index >= 15 is 0 Å². The summed E-state index contributed by atoms with van der Waals surface area (Å²) < 4.78 is 50.3. The van der Waals surface area contributed by atoms with E-state index < -0.39 is 18.3 Å². The predicted molar refractivity (Wildman–Crippen MR) is 122 cm³/mol. The van der Waals surface area contributed by atoms with Crippen molar-refractivity contribution in [2.45, 2.75) is 57.4 Å². The van der Waals surface area contributed by atoms with Gasteiger partial charge in [0.1, 0.15) is 11.5 Å². The number of hydrogen-bond acceptors (Lipinski definition) is 5. The van der Waals surface area contributed by atoms with Crippen molar-refractivity contribution in [3.63, 3.8) is 0 Å². The van der Waals surface area contributed by atoms with Crippen molar-refractivity contribution in [3.8, 4) is 11.5 Å². The normalized spacial score (nSPS) is 18.4. The lowest BCUT2D eigenvalue weighted by Crippen LogP contribution is -2.35. The minimum Gasteiger partial charge on any atom is -0.385 e. The lowest BCUT2D eigenvalue weighted by Gasteiger charge is -2.33. The summed E-state index contributed by atoms with van der Waals surface area (Å²) in [4.78, 5) is 0. The van der Waals surface area contributed by atoms with Crippen LogP contribution in [0.1, 0.15) is 55.8 Å². The molecule has 0 amide bonds. The van der Waals surface area contributed by atoms with Crippen molar-refractivity contribution < 1.29 is 17.9 Å². The number of methoxy groups -OCH3 is 1. The number of aromatic nitrogens is 5. The van der Waals surface area contributed by atoms with E-state index in [1.165, 1.54) is 0 Å². The summed E-state index contributed by atoms with van der Waals surface area (Å²) in [6, 6.07) is 7.10. The summed E-state index contributed by atoms with van der Waals surface area (Å²) in [7, 11) is 1.61. The third kappa shape index (κ3) is 4.84. The van der Waals surface area contributed by atoms with Crippen molar-refractivity contribution in [1.82, 2.24) is 24.5 Å². The molecule has 33 heavy (non-hydrogen) atoms. The number of nitrogens with one attached hydrogen (secondary N) is 2. The fourth-order valence-electron chi connectivity index (χ4n) is 4.10. The van der Waals surface area contributed by atoms with Crippen LogP contribution >= 0.6 is 12.2 Å². The van der Waals surface area contributed by atoms with Crippen molar-refractivity contribution >= 4 is 18.0 Å². The predicted octanol–water partition coefficient (Wildman–Crippen LogP) is 5.62. The third-order valence-electron chi connectivity index (χ3n) is 5.91. The number of alkyl halides is 3. The number of aromatic amines is 1. The molecule has 3 heterocycles. The highest BCUT2D eigenvalue weighted by Gasteiger charge is 2.46. The molecule has 7 nitrogen and oxygen atoms in total. The number of rotatable bonds is 7. The van der Waals surface area contributed by atoms with Gasteiger partial charge in [0.15, 0.2) is 16.6 Å². The average Bonchev–Trinajstić information content (AvgIpc) is 3.36. The van der Waals surface area contributed by atoms with E-state index in [1.807, 2.05) is 24.3 Å². The van der Waals surface area contributed by atoms with Crippen molar-refractivity contribution in [2.75, 3.05) is 19.0 Å². The maximum Gasteiger partial charge on any atom is 0.410 e. The van der Waals surface area contributed by atoms with Gasteiger partial charge in [-0.2, -0.15) is 23.4 Å². The molecular weight excluding hydrogens is 453 g/mol. The molecule has 0 bridgehead atoms. The van der Waals surface area contributed by atoms with E-state index in [4.69, 9.17) is 17.0 Å². The Kier molecular flexibility index (Phi) is 6.62. The van der Waals surface area contributed by atoms with Crippen LogP contribution in [-0.2, 0) is 11.3 Å². The fourth-order valence-corrected chi connectivity index (χ4v) is 4.33. The first-order valence-electron chi connectivity index (χ1n) is 10.9. The first-order valence-corrected chi connectivity index (χ1v) is 11.3. The van der Waals surface area contributed by atoms with Gasteiger partial charge in [-0.25, -0.2) is 4.68 Å². The Hall–Kier alpha value is -2.66. The molecule has 3 aromatic rings. The van der Waals surface area contributed by atoms with Crippen LogP contribution in [0.25, 0.3) is 11.5 Å². The Morgan fingerprint density at radius 1 is 1.24 bits per heavy atom. The van der Waals surface area contributed by atoms with E-state index in [1.54, 1.807) is 17.7 Å². The molecule has 11 heteroatoms. The van der Waals surface area contributed by atoms with E-state index in [2.05, 4.69) is 34.5 Å². The Morgan fingerprint density at radius 3 is 2.61 bits per heavy atom. The van der Waals surface area contributed by atoms with Gasteiger partial charge in [-0.3, -0.25) is 9.67 Å². The summed E-state index contributed by atoms with van der Waals surface area (Å²) in [5.74, 6) is 1.05. The van der Waals surface area contributed by atoms with Crippen LogP contribution in [0.4, 0.5) is 19.0 Å². The molecule has 0 radical (unpaired) electrons. The van der Waals surface area contributed by atoms with Crippen LogP contribution in [0.15, 0.2) is 30.3 Å². The van der Waals surface area contributed by atoms with Gasteiger partial charge >= 0.3 is 6.18 Å². The molecule has 0 spiro atoms. The van der Waals surface area contributed by atoms with E-state index in [0.717, 1.165) is 15.8 Å².